The number of para-hydroxylation sites is 1. The molecule has 1 atom stereocenters. The van der Waals surface area contributed by atoms with E-state index in [9.17, 15) is 18.4 Å². The summed E-state index contributed by atoms with van der Waals surface area (Å²) < 4.78 is 29.2. The monoisotopic (exact) mass is 485 g/mol. The van der Waals surface area contributed by atoms with Crippen LogP contribution < -0.4 is 10.9 Å². The minimum Gasteiger partial charge on any atom is -0.325 e. The second-order valence-electron chi connectivity index (χ2n) is 7.36. The molecule has 3 aromatic carbocycles. The molecular weight excluding hydrogens is 468 g/mol. The van der Waals surface area contributed by atoms with Gasteiger partial charge < -0.3 is 5.32 Å². The molecule has 1 amide bonds. The van der Waals surface area contributed by atoms with Crippen molar-refractivity contribution in [3.8, 4) is 5.69 Å². The van der Waals surface area contributed by atoms with E-state index < -0.39 is 22.4 Å². The zero-order chi connectivity index (χ0) is 23.7. The van der Waals surface area contributed by atoms with Crippen LogP contribution in [-0.2, 0) is 4.79 Å². The maximum atomic E-state index is 14.7. The molecule has 0 bridgehead atoms. The van der Waals surface area contributed by atoms with Crippen LogP contribution in [0.5, 0.6) is 0 Å². The van der Waals surface area contributed by atoms with Gasteiger partial charge in [-0.1, -0.05) is 41.6 Å². The predicted molar refractivity (Wildman–Crippen MR) is 127 cm³/mol. The number of thioether (sulfide) groups is 1. The maximum absolute atomic E-state index is 14.7. The molecule has 33 heavy (non-hydrogen) atoms. The van der Waals surface area contributed by atoms with E-state index in [1.807, 2.05) is 25.1 Å². The van der Waals surface area contributed by atoms with Crippen LogP contribution >= 0.6 is 23.4 Å². The Labute approximate surface area is 197 Å². The highest BCUT2D eigenvalue weighted by Crippen LogP contribution is 2.28. The molecule has 1 unspecified atom stereocenters. The Bertz CT molecular complexity index is 1440. The Morgan fingerprint density at radius 1 is 1.12 bits per heavy atom. The standard InChI is InChI=1S/C24H18ClF2N3O2S/c1-13-5-3-4-6-19(13)28-22(31)14(2)33-24-29-20-9-7-15(25)11-17(20)23(32)30(24)21-10-8-16(26)12-18(21)27/h3-12,14H,1-2H3,(H,28,31). The van der Waals surface area contributed by atoms with Gasteiger partial charge >= 0.3 is 0 Å². The van der Waals surface area contributed by atoms with Crippen molar-refractivity contribution in [2.45, 2.75) is 24.3 Å². The van der Waals surface area contributed by atoms with Crippen molar-refractivity contribution in [1.29, 1.82) is 0 Å². The smallest absolute Gasteiger partial charge is 0.266 e. The number of aromatic nitrogens is 2. The molecule has 5 nitrogen and oxygen atoms in total. The number of carbonyl (C=O) groups excluding carboxylic acids is 1. The van der Waals surface area contributed by atoms with E-state index in [2.05, 4.69) is 10.3 Å². The van der Waals surface area contributed by atoms with Crippen molar-refractivity contribution < 1.29 is 13.6 Å². The van der Waals surface area contributed by atoms with E-state index >= 15 is 0 Å². The van der Waals surface area contributed by atoms with Gasteiger partial charge in [-0.25, -0.2) is 13.8 Å². The molecule has 4 aromatic rings. The van der Waals surface area contributed by atoms with Gasteiger partial charge in [0.1, 0.15) is 11.6 Å². The SMILES string of the molecule is Cc1ccccc1NC(=O)C(C)Sc1nc2ccc(Cl)cc2c(=O)n1-c1ccc(F)cc1F. The number of carbonyl (C=O) groups is 1. The lowest BCUT2D eigenvalue weighted by Crippen LogP contribution is -2.27. The molecule has 0 radical (unpaired) electrons. The Morgan fingerprint density at radius 2 is 1.88 bits per heavy atom. The highest BCUT2D eigenvalue weighted by atomic mass is 35.5. The van der Waals surface area contributed by atoms with Crippen LogP contribution in [0, 0.1) is 18.6 Å². The largest absolute Gasteiger partial charge is 0.325 e. The van der Waals surface area contributed by atoms with Gasteiger partial charge in [0.05, 0.1) is 21.8 Å². The van der Waals surface area contributed by atoms with Crippen LogP contribution in [0.2, 0.25) is 5.02 Å². The zero-order valence-corrected chi connectivity index (χ0v) is 19.2. The summed E-state index contributed by atoms with van der Waals surface area (Å²) >= 11 is 7.03. The van der Waals surface area contributed by atoms with Gasteiger partial charge in [-0.15, -0.1) is 0 Å². The molecule has 0 aliphatic carbocycles. The van der Waals surface area contributed by atoms with E-state index in [-0.39, 0.29) is 22.1 Å². The van der Waals surface area contributed by atoms with Crippen molar-refractivity contribution in [3.63, 3.8) is 0 Å². The fourth-order valence-electron chi connectivity index (χ4n) is 3.25. The lowest BCUT2D eigenvalue weighted by molar-refractivity contribution is -0.115. The summed E-state index contributed by atoms with van der Waals surface area (Å²) in [6.45, 7) is 3.53. The lowest BCUT2D eigenvalue weighted by atomic mass is 10.2. The van der Waals surface area contributed by atoms with Gasteiger partial charge in [-0.05, 0) is 55.8 Å². The van der Waals surface area contributed by atoms with E-state index in [4.69, 9.17) is 11.6 Å². The molecule has 1 aromatic heterocycles. The first-order valence-electron chi connectivity index (χ1n) is 9.95. The number of amides is 1. The van der Waals surface area contributed by atoms with Crippen molar-refractivity contribution in [3.05, 3.63) is 93.2 Å². The summed E-state index contributed by atoms with van der Waals surface area (Å²) in [5, 5.41) is 2.75. The quantitative estimate of drug-likeness (QED) is 0.289. The molecule has 168 valence electrons. The van der Waals surface area contributed by atoms with Crippen LogP contribution in [0.3, 0.4) is 0 Å². The number of halogens is 3. The normalized spacial score (nSPS) is 12.0. The van der Waals surface area contributed by atoms with Crippen molar-refractivity contribution >= 4 is 45.9 Å². The summed E-state index contributed by atoms with van der Waals surface area (Å²) in [5.74, 6) is -2.02. The summed E-state index contributed by atoms with van der Waals surface area (Å²) in [5.41, 5.74) is 1.15. The summed E-state index contributed by atoms with van der Waals surface area (Å²) in [7, 11) is 0. The molecule has 0 saturated carbocycles. The topological polar surface area (TPSA) is 64.0 Å². The molecule has 0 spiro atoms. The third-order valence-electron chi connectivity index (χ3n) is 5.00. The molecule has 0 fully saturated rings. The van der Waals surface area contributed by atoms with Gasteiger partial charge in [0.2, 0.25) is 5.91 Å². The zero-order valence-electron chi connectivity index (χ0n) is 17.6. The number of hydrogen-bond acceptors (Lipinski definition) is 4. The molecule has 9 heteroatoms. The van der Waals surface area contributed by atoms with Gasteiger partial charge in [0.15, 0.2) is 5.16 Å². The Kier molecular flexibility index (Phi) is 6.49. The Hall–Kier alpha value is -3.23. The van der Waals surface area contributed by atoms with Crippen LogP contribution in [0.15, 0.2) is 70.6 Å². The summed E-state index contributed by atoms with van der Waals surface area (Å²) in [4.78, 5) is 30.6. The van der Waals surface area contributed by atoms with E-state index in [1.54, 1.807) is 25.1 Å². The Balaban J connectivity index is 1.79. The van der Waals surface area contributed by atoms with Crippen LogP contribution in [0.25, 0.3) is 16.6 Å². The molecule has 1 N–H and O–H groups in total. The van der Waals surface area contributed by atoms with Gasteiger partial charge in [0, 0.05) is 16.8 Å². The van der Waals surface area contributed by atoms with Gasteiger partial charge in [0.25, 0.3) is 5.56 Å². The number of benzene rings is 3. The number of fused-ring (bicyclic) bond motifs is 1. The first kappa shape index (κ1) is 22.9. The summed E-state index contributed by atoms with van der Waals surface area (Å²) in [6.07, 6.45) is 0. The molecule has 0 aliphatic heterocycles. The van der Waals surface area contributed by atoms with E-state index in [0.717, 1.165) is 34.0 Å². The third-order valence-corrected chi connectivity index (χ3v) is 6.29. The maximum Gasteiger partial charge on any atom is 0.266 e. The number of nitrogens with zero attached hydrogens (tertiary/aromatic N) is 2. The average molecular weight is 486 g/mol. The predicted octanol–water partition coefficient (Wildman–Crippen LogP) is 5.75. The van der Waals surface area contributed by atoms with E-state index in [1.165, 1.54) is 6.07 Å². The highest BCUT2D eigenvalue weighted by Gasteiger charge is 2.22. The molecule has 0 aliphatic rings. The van der Waals surface area contributed by atoms with Gasteiger partial charge in [-0.3, -0.25) is 14.2 Å². The number of nitrogens with one attached hydrogen (secondary N) is 1. The summed E-state index contributed by atoms with van der Waals surface area (Å²) in [6, 6.07) is 14.8. The third kappa shape index (κ3) is 4.77. The van der Waals surface area contributed by atoms with Crippen LogP contribution in [0.4, 0.5) is 14.5 Å². The molecule has 1 heterocycles. The fourth-order valence-corrected chi connectivity index (χ4v) is 4.34. The van der Waals surface area contributed by atoms with Crippen molar-refractivity contribution in [2.75, 3.05) is 5.32 Å². The lowest BCUT2D eigenvalue weighted by Gasteiger charge is -2.17. The average Bonchev–Trinajstić information content (AvgIpc) is 2.77. The second kappa shape index (κ2) is 9.33. The molecule has 4 rings (SSSR count). The number of rotatable bonds is 5. The number of anilines is 1. The number of hydrogen-bond donors (Lipinski definition) is 1. The fraction of sp³-hybridized carbons (Fsp3) is 0.125. The van der Waals surface area contributed by atoms with Crippen molar-refractivity contribution in [2.24, 2.45) is 0 Å². The van der Waals surface area contributed by atoms with Gasteiger partial charge in [-0.2, -0.15) is 0 Å². The van der Waals surface area contributed by atoms with E-state index in [0.29, 0.717) is 22.3 Å². The minimum absolute atomic E-state index is 0.0905. The Morgan fingerprint density at radius 3 is 2.61 bits per heavy atom. The molecule has 0 saturated heterocycles. The van der Waals surface area contributed by atoms with Crippen molar-refractivity contribution in [1.82, 2.24) is 9.55 Å². The second-order valence-corrected chi connectivity index (χ2v) is 9.10. The minimum atomic E-state index is -0.931. The highest BCUT2D eigenvalue weighted by molar-refractivity contribution is 8.00. The molecular formula is C24H18ClF2N3O2S. The first-order valence-corrected chi connectivity index (χ1v) is 11.2. The van der Waals surface area contributed by atoms with Crippen LogP contribution in [-0.4, -0.2) is 20.7 Å². The van der Waals surface area contributed by atoms with Crippen LogP contribution in [0.1, 0.15) is 12.5 Å². The number of aryl methyl sites for hydroxylation is 1. The first-order chi connectivity index (χ1) is 15.7.